The fourth-order valence-electron chi connectivity index (χ4n) is 1.08. The highest BCUT2D eigenvalue weighted by molar-refractivity contribution is 5.58. The second-order valence-electron chi connectivity index (χ2n) is 2.26. The summed E-state index contributed by atoms with van der Waals surface area (Å²) in [5, 5.41) is 0. The minimum Gasteiger partial charge on any atom is -0.294 e. The Morgan fingerprint density at radius 3 is 1.90 bits per heavy atom. The van der Waals surface area contributed by atoms with Crippen LogP contribution in [0.4, 0.5) is 0 Å². The minimum atomic E-state index is 0.00926. The zero-order chi connectivity index (χ0) is 7.98. The molecular formula is C8H16NO. The standard InChI is InChI=1S/C8H16NO/c1-4-8(7-10)9(5-2)6-3/h8H,4-6H2,1-3H3/t8-/m0/s1. The highest BCUT2D eigenvalue weighted by Crippen LogP contribution is 1.99. The maximum atomic E-state index is 10.3. The maximum absolute atomic E-state index is 10.3. The number of rotatable bonds is 5. The lowest BCUT2D eigenvalue weighted by Gasteiger charge is -2.22. The quantitative estimate of drug-likeness (QED) is 0.575. The zero-order valence-corrected chi connectivity index (χ0v) is 7.05. The molecule has 0 aromatic carbocycles. The molecule has 10 heavy (non-hydrogen) atoms. The van der Waals surface area contributed by atoms with E-state index >= 15 is 0 Å². The minimum absolute atomic E-state index is 0.00926. The van der Waals surface area contributed by atoms with Crippen LogP contribution in [0.15, 0.2) is 0 Å². The van der Waals surface area contributed by atoms with E-state index in [2.05, 4.69) is 18.7 Å². The van der Waals surface area contributed by atoms with Crippen molar-refractivity contribution in [3.05, 3.63) is 0 Å². The summed E-state index contributed by atoms with van der Waals surface area (Å²) in [7, 11) is 0. The van der Waals surface area contributed by atoms with Crippen molar-refractivity contribution in [2.45, 2.75) is 33.2 Å². The van der Waals surface area contributed by atoms with Crippen molar-refractivity contribution < 1.29 is 4.79 Å². The lowest BCUT2D eigenvalue weighted by Crippen LogP contribution is -2.35. The van der Waals surface area contributed by atoms with Crippen LogP contribution < -0.4 is 0 Å². The summed E-state index contributed by atoms with van der Waals surface area (Å²) in [6.07, 6.45) is 2.90. The molecule has 0 unspecified atom stereocenters. The lowest BCUT2D eigenvalue weighted by molar-refractivity contribution is 0.257. The number of nitrogens with zero attached hydrogens (tertiary/aromatic N) is 1. The van der Waals surface area contributed by atoms with E-state index in [1.54, 1.807) is 0 Å². The number of likely N-dealkylation sites (N-methyl/N-ethyl adjacent to an activating group) is 1. The Kier molecular flexibility index (Phi) is 5.22. The molecule has 0 aliphatic carbocycles. The summed E-state index contributed by atoms with van der Waals surface area (Å²) in [4.78, 5) is 12.4. The Morgan fingerprint density at radius 2 is 1.80 bits per heavy atom. The van der Waals surface area contributed by atoms with E-state index in [1.807, 2.05) is 13.2 Å². The summed E-state index contributed by atoms with van der Waals surface area (Å²) in [5.74, 6) is 0. The van der Waals surface area contributed by atoms with E-state index in [0.717, 1.165) is 19.5 Å². The first kappa shape index (κ1) is 9.63. The van der Waals surface area contributed by atoms with Gasteiger partial charge in [-0.3, -0.25) is 9.69 Å². The van der Waals surface area contributed by atoms with Gasteiger partial charge in [0.15, 0.2) is 0 Å². The van der Waals surface area contributed by atoms with Gasteiger partial charge in [-0.05, 0) is 19.5 Å². The monoisotopic (exact) mass is 142 g/mol. The molecule has 0 aliphatic heterocycles. The molecule has 1 radical (unpaired) electrons. The SMILES string of the molecule is CC[C@@H]([C]=O)N(CC)CC. The number of carbonyl (C=O) groups excluding carboxylic acids is 1. The van der Waals surface area contributed by atoms with Crippen molar-refractivity contribution in [2.24, 2.45) is 0 Å². The van der Waals surface area contributed by atoms with Gasteiger partial charge >= 0.3 is 0 Å². The van der Waals surface area contributed by atoms with E-state index in [-0.39, 0.29) is 6.04 Å². The molecule has 59 valence electrons. The van der Waals surface area contributed by atoms with Crippen molar-refractivity contribution in [1.29, 1.82) is 0 Å². The van der Waals surface area contributed by atoms with E-state index in [9.17, 15) is 4.79 Å². The van der Waals surface area contributed by atoms with Gasteiger partial charge in [-0.2, -0.15) is 0 Å². The van der Waals surface area contributed by atoms with Gasteiger partial charge in [-0.25, -0.2) is 0 Å². The van der Waals surface area contributed by atoms with Gasteiger partial charge in [0.1, 0.15) is 0 Å². The van der Waals surface area contributed by atoms with Crippen LogP contribution in [0.5, 0.6) is 0 Å². The van der Waals surface area contributed by atoms with Crippen LogP contribution in [0, 0.1) is 0 Å². The van der Waals surface area contributed by atoms with Crippen LogP contribution in [0.3, 0.4) is 0 Å². The van der Waals surface area contributed by atoms with Gasteiger partial charge in [0, 0.05) is 0 Å². The Bertz CT molecular complexity index is 89.3. The number of hydrogen-bond acceptors (Lipinski definition) is 2. The molecule has 0 aliphatic rings. The first-order valence-electron chi connectivity index (χ1n) is 3.91. The topological polar surface area (TPSA) is 20.3 Å². The Balaban J connectivity index is 3.81. The molecule has 0 amide bonds. The zero-order valence-electron chi connectivity index (χ0n) is 7.05. The van der Waals surface area contributed by atoms with E-state index in [4.69, 9.17) is 0 Å². The predicted molar refractivity (Wildman–Crippen MR) is 42.7 cm³/mol. The van der Waals surface area contributed by atoms with Gasteiger partial charge in [0.2, 0.25) is 6.29 Å². The van der Waals surface area contributed by atoms with Crippen molar-refractivity contribution in [1.82, 2.24) is 4.90 Å². The predicted octanol–water partition coefficient (Wildman–Crippen LogP) is 1.22. The van der Waals surface area contributed by atoms with Crippen molar-refractivity contribution in [3.63, 3.8) is 0 Å². The molecule has 0 saturated heterocycles. The number of hydrogen-bond donors (Lipinski definition) is 0. The van der Waals surface area contributed by atoms with Crippen LogP contribution in [0.25, 0.3) is 0 Å². The average Bonchev–Trinajstić information content (AvgIpc) is 2.00. The molecule has 1 atom stereocenters. The average molecular weight is 142 g/mol. The fourth-order valence-corrected chi connectivity index (χ4v) is 1.08. The van der Waals surface area contributed by atoms with Gasteiger partial charge in [-0.1, -0.05) is 20.8 Å². The highest BCUT2D eigenvalue weighted by atomic mass is 16.1. The third-order valence-corrected chi connectivity index (χ3v) is 1.78. The normalized spacial score (nSPS) is 13.6. The van der Waals surface area contributed by atoms with Crippen LogP contribution in [0.2, 0.25) is 0 Å². The molecule has 0 spiro atoms. The summed E-state index contributed by atoms with van der Waals surface area (Å²) in [5.41, 5.74) is 0. The molecule has 2 heteroatoms. The first-order chi connectivity index (χ1) is 4.79. The molecule has 0 N–H and O–H groups in total. The summed E-state index contributed by atoms with van der Waals surface area (Å²) in [6.45, 7) is 8.00. The second-order valence-corrected chi connectivity index (χ2v) is 2.26. The molecule has 0 aromatic heterocycles. The summed E-state index contributed by atoms with van der Waals surface area (Å²) >= 11 is 0. The fraction of sp³-hybridized carbons (Fsp3) is 0.875. The van der Waals surface area contributed by atoms with E-state index in [1.165, 1.54) is 0 Å². The van der Waals surface area contributed by atoms with Crippen LogP contribution in [-0.2, 0) is 4.79 Å². The van der Waals surface area contributed by atoms with E-state index in [0.29, 0.717) is 0 Å². The molecular weight excluding hydrogens is 126 g/mol. The Labute approximate surface area is 63.2 Å². The first-order valence-corrected chi connectivity index (χ1v) is 3.91. The van der Waals surface area contributed by atoms with Crippen molar-refractivity contribution in [2.75, 3.05) is 13.1 Å². The highest BCUT2D eigenvalue weighted by Gasteiger charge is 2.11. The molecule has 0 bridgehead atoms. The largest absolute Gasteiger partial charge is 0.294 e. The Morgan fingerprint density at radius 1 is 1.30 bits per heavy atom. The van der Waals surface area contributed by atoms with Crippen LogP contribution >= 0.6 is 0 Å². The second kappa shape index (κ2) is 5.42. The summed E-state index contributed by atoms with van der Waals surface area (Å²) in [6, 6.07) is 0.00926. The third kappa shape index (κ3) is 2.48. The van der Waals surface area contributed by atoms with Gasteiger partial charge in [0.05, 0.1) is 6.04 Å². The molecule has 0 aromatic rings. The molecule has 0 saturated carbocycles. The van der Waals surface area contributed by atoms with Gasteiger partial charge in [-0.15, -0.1) is 0 Å². The van der Waals surface area contributed by atoms with Crippen LogP contribution in [0.1, 0.15) is 27.2 Å². The maximum Gasteiger partial charge on any atom is 0.217 e. The van der Waals surface area contributed by atoms with Gasteiger partial charge in [0.25, 0.3) is 0 Å². The molecule has 0 fully saturated rings. The summed E-state index contributed by atoms with van der Waals surface area (Å²) < 4.78 is 0. The molecule has 0 rings (SSSR count). The van der Waals surface area contributed by atoms with Gasteiger partial charge < -0.3 is 0 Å². The van der Waals surface area contributed by atoms with Crippen molar-refractivity contribution in [3.8, 4) is 0 Å². The Hall–Kier alpha value is -0.370. The van der Waals surface area contributed by atoms with Crippen molar-refractivity contribution >= 4 is 6.29 Å². The van der Waals surface area contributed by atoms with Crippen LogP contribution in [-0.4, -0.2) is 30.3 Å². The molecule has 2 nitrogen and oxygen atoms in total. The third-order valence-electron chi connectivity index (χ3n) is 1.78. The van der Waals surface area contributed by atoms with E-state index < -0.39 is 0 Å². The lowest BCUT2D eigenvalue weighted by atomic mass is 10.2. The molecule has 0 heterocycles. The smallest absolute Gasteiger partial charge is 0.217 e.